The number of allylic oxidation sites excluding steroid dienone is 2. The van der Waals surface area contributed by atoms with Crippen LogP contribution in [-0.2, 0) is 4.79 Å². The number of ketones is 1. The Morgan fingerprint density at radius 1 is 0.933 bits per heavy atom. The van der Waals surface area contributed by atoms with Crippen LogP contribution in [0.3, 0.4) is 0 Å². The first-order chi connectivity index (χ1) is 7.36. The van der Waals surface area contributed by atoms with Crippen LogP contribution in [0.4, 0.5) is 0 Å². The zero-order valence-electron chi connectivity index (χ0n) is 9.17. The normalized spacial score (nSPS) is 47.3. The first-order valence-electron chi connectivity index (χ1n) is 6.62. The summed E-state index contributed by atoms with van der Waals surface area (Å²) >= 11 is 0. The number of Topliss-reactive ketones (excluding diaryl/α,β-unsaturated/α-hetero) is 1. The molecule has 2 saturated carbocycles. The van der Waals surface area contributed by atoms with Crippen LogP contribution in [0.25, 0.3) is 0 Å². The Balaban J connectivity index is 1.81. The summed E-state index contributed by atoms with van der Waals surface area (Å²) in [6.07, 6.45) is 9.10. The van der Waals surface area contributed by atoms with Crippen LogP contribution in [0.15, 0.2) is 11.1 Å². The summed E-state index contributed by atoms with van der Waals surface area (Å²) in [4.78, 5) is 12.4. The van der Waals surface area contributed by atoms with E-state index < -0.39 is 0 Å². The minimum atomic E-state index is 0.465. The minimum absolute atomic E-state index is 0.465. The van der Waals surface area contributed by atoms with Gasteiger partial charge in [0.05, 0.1) is 0 Å². The van der Waals surface area contributed by atoms with E-state index in [1.807, 2.05) is 0 Å². The Kier molecular flexibility index (Phi) is 1.57. The highest BCUT2D eigenvalue weighted by molar-refractivity contribution is 6.02. The van der Waals surface area contributed by atoms with Gasteiger partial charge in [-0.15, -0.1) is 0 Å². The van der Waals surface area contributed by atoms with Crippen molar-refractivity contribution in [1.29, 1.82) is 0 Å². The molecule has 0 N–H and O–H groups in total. The van der Waals surface area contributed by atoms with Crippen LogP contribution in [0.2, 0.25) is 0 Å². The maximum Gasteiger partial charge on any atom is 0.162 e. The molecule has 80 valence electrons. The summed E-state index contributed by atoms with van der Waals surface area (Å²) in [7, 11) is 0. The molecule has 0 aromatic carbocycles. The standard InChI is InChI=1S/C14H18O/c15-14-11-4-2-1-3-10(11)12-8-5-6-9(7-8)13(12)14/h8-9,12-13H,1-7H2/t8-,9+,12+,13+/m0/s1. The first kappa shape index (κ1) is 8.55. The van der Waals surface area contributed by atoms with Gasteiger partial charge in [0.1, 0.15) is 0 Å². The van der Waals surface area contributed by atoms with Crippen LogP contribution >= 0.6 is 0 Å². The lowest BCUT2D eigenvalue weighted by molar-refractivity contribution is -0.120. The summed E-state index contributed by atoms with van der Waals surface area (Å²) < 4.78 is 0. The fraction of sp³-hybridized carbons (Fsp3) is 0.786. The second kappa shape index (κ2) is 2.75. The maximum atomic E-state index is 12.4. The molecule has 15 heavy (non-hydrogen) atoms. The van der Waals surface area contributed by atoms with E-state index in [9.17, 15) is 4.79 Å². The van der Waals surface area contributed by atoms with E-state index in [1.165, 1.54) is 44.1 Å². The first-order valence-corrected chi connectivity index (χ1v) is 6.62. The van der Waals surface area contributed by atoms with Crippen molar-refractivity contribution in [3.8, 4) is 0 Å². The molecular formula is C14H18O. The number of hydrogen-bond donors (Lipinski definition) is 0. The van der Waals surface area contributed by atoms with Crippen molar-refractivity contribution in [2.24, 2.45) is 23.7 Å². The van der Waals surface area contributed by atoms with Crippen LogP contribution < -0.4 is 0 Å². The maximum absolute atomic E-state index is 12.4. The van der Waals surface area contributed by atoms with E-state index in [1.54, 1.807) is 5.57 Å². The van der Waals surface area contributed by atoms with Crippen molar-refractivity contribution in [2.45, 2.75) is 44.9 Å². The molecule has 0 amide bonds. The molecule has 4 rings (SSSR count). The van der Waals surface area contributed by atoms with Gasteiger partial charge in [-0.25, -0.2) is 0 Å². The Morgan fingerprint density at radius 2 is 1.67 bits per heavy atom. The van der Waals surface area contributed by atoms with Gasteiger partial charge in [-0.1, -0.05) is 5.57 Å². The average molecular weight is 202 g/mol. The van der Waals surface area contributed by atoms with Gasteiger partial charge in [-0.05, 0) is 68.3 Å². The molecule has 2 fully saturated rings. The van der Waals surface area contributed by atoms with Crippen molar-refractivity contribution >= 4 is 5.78 Å². The molecule has 4 atom stereocenters. The second-order valence-electron chi connectivity index (χ2n) is 5.96. The molecule has 0 saturated heterocycles. The van der Waals surface area contributed by atoms with Crippen molar-refractivity contribution in [1.82, 2.24) is 0 Å². The van der Waals surface area contributed by atoms with Gasteiger partial charge in [0.2, 0.25) is 0 Å². The van der Waals surface area contributed by atoms with E-state index in [0.29, 0.717) is 11.7 Å². The molecule has 1 nitrogen and oxygen atoms in total. The highest BCUT2D eigenvalue weighted by Gasteiger charge is 2.56. The topological polar surface area (TPSA) is 17.1 Å². The lowest BCUT2D eigenvalue weighted by atomic mass is 9.77. The second-order valence-corrected chi connectivity index (χ2v) is 5.96. The highest BCUT2D eigenvalue weighted by Crippen LogP contribution is 2.61. The summed E-state index contributed by atoms with van der Waals surface area (Å²) in [6.45, 7) is 0. The number of hydrogen-bond acceptors (Lipinski definition) is 1. The summed E-state index contributed by atoms with van der Waals surface area (Å²) in [5.41, 5.74) is 2.93. The number of rotatable bonds is 0. The quantitative estimate of drug-likeness (QED) is 0.590. The monoisotopic (exact) mass is 202 g/mol. The van der Waals surface area contributed by atoms with Crippen LogP contribution in [0.5, 0.6) is 0 Å². The third-order valence-corrected chi connectivity index (χ3v) is 5.43. The van der Waals surface area contributed by atoms with Crippen molar-refractivity contribution in [2.75, 3.05) is 0 Å². The molecule has 0 spiro atoms. The summed E-state index contributed by atoms with van der Waals surface area (Å²) in [6, 6.07) is 0. The largest absolute Gasteiger partial charge is 0.294 e. The molecule has 0 aliphatic heterocycles. The summed E-state index contributed by atoms with van der Waals surface area (Å²) in [5, 5.41) is 0. The molecule has 0 heterocycles. The van der Waals surface area contributed by atoms with E-state index in [2.05, 4.69) is 0 Å². The van der Waals surface area contributed by atoms with Crippen LogP contribution in [-0.4, -0.2) is 5.78 Å². The van der Waals surface area contributed by atoms with Gasteiger partial charge in [0.25, 0.3) is 0 Å². The molecule has 2 bridgehead atoms. The fourth-order valence-electron chi connectivity index (χ4n) is 4.95. The Morgan fingerprint density at radius 3 is 2.53 bits per heavy atom. The minimum Gasteiger partial charge on any atom is -0.294 e. The Hall–Kier alpha value is -0.590. The Bertz CT molecular complexity index is 366. The average Bonchev–Trinajstić information content (AvgIpc) is 2.92. The fourth-order valence-corrected chi connectivity index (χ4v) is 4.95. The van der Waals surface area contributed by atoms with Gasteiger partial charge in [-0.2, -0.15) is 0 Å². The molecule has 1 heteroatoms. The van der Waals surface area contributed by atoms with Crippen LogP contribution in [0.1, 0.15) is 44.9 Å². The lowest BCUT2D eigenvalue weighted by Gasteiger charge is -2.26. The number of carbonyl (C=O) groups is 1. The van der Waals surface area contributed by atoms with Crippen LogP contribution in [0, 0.1) is 23.7 Å². The highest BCUT2D eigenvalue weighted by atomic mass is 16.1. The van der Waals surface area contributed by atoms with Gasteiger partial charge in [-0.3, -0.25) is 4.79 Å². The molecule has 4 aliphatic rings. The number of fused-ring (bicyclic) bond motifs is 6. The van der Waals surface area contributed by atoms with Gasteiger partial charge < -0.3 is 0 Å². The third-order valence-electron chi connectivity index (χ3n) is 5.43. The SMILES string of the molecule is O=C1C2=C(CCCC2)[C@H]2[C@H]3CC[C@H](C3)[C@@H]12. The smallest absolute Gasteiger partial charge is 0.162 e. The van der Waals surface area contributed by atoms with E-state index in [0.717, 1.165) is 24.2 Å². The zero-order chi connectivity index (χ0) is 9.99. The predicted molar refractivity (Wildman–Crippen MR) is 58.3 cm³/mol. The molecule has 0 aromatic rings. The van der Waals surface area contributed by atoms with Crippen molar-refractivity contribution < 1.29 is 4.79 Å². The number of carbonyl (C=O) groups excluding carboxylic acids is 1. The van der Waals surface area contributed by atoms with E-state index in [-0.39, 0.29) is 0 Å². The molecular weight excluding hydrogens is 184 g/mol. The van der Waals surface area contributed by atoms with Gasteiger partial charge >= 0.3 is 0 Å². The van der Waals surface area contributed by atoms with Crippen molar-refractivity contribution in [3.05, 3.63) is 11.1 Å². The molecule has 0 unspecified atom stereocenters. The predicted octanol–water partition coefficient (Wildman–Crippen LogP) is 3.10. The molecule has 4 aliphatic carbocycles. The third kappa shape index (κ3) is 0.926. The Labute approximate surface area is 90.9 Å². The lowest BCUT2D eigenvalue weighted by Crippen LogP contribution is -2.24. The van der Waals surface area contributed by atoms with Crippen molar-refractivity contribution in [3.63, 3.8) is 0 Å². The van der Waals surface area contributed by atoms with E-state index in [4.69, 9.17) is 0 Å². The van der Waals surface area contributed by atoms with Gasteiger partial charge in [0, 0.05) is 5.92 Å². The summed E-state index contributed by atoms with van der Waals surface area (Å²) in [5.74, 6) is 3.45. The molecule has 0 aromatic heterocycles. The molecule has 0 radical (unpaired) electrons. The van der Waals surface area contributed by atoms with Gasteiger partial charge in [0.15, 0.2) is 5.78 Å². The van der Waals surface area contributed by atoms with E-state index >= 15 is 0 Å². The zero-order valence-corrected chi connectivity index (χ0v) is 9.17.